The molecule has 1 aliphatic heterocycles. The predicted molar refractivity (Wildman–Crippen MR) is 128 cm³/mol. The number of guanidine groups is 1. The fraction of sp³-hybridized carbons (Fsp3) is 0.619. The van der Waals surface area contributed by atoms with Gasteiger partial charge in [0.15, 0.2) is 5.96 Å². The van der Waals surface area contributed by atoms with Gasteiger partial charge in [-0.3, -0.25) is 14.7 Å². The highest BCUT2D eigenvalue weighted by molar-refractivity contribution is 14.0. The lowest BCUT2D eigenvalue weighted by Gasteiger charge is -2.35. The Hall–Kier alpha value is -1.35. The molecule has 0 saturated carbocycles. The van der Waals surface area contributed by atoms with E-state index in [1.807, 2.05) is 24.3 Å². The lowest BCUT2D eigenvalue weighted by atomic mass is 9.99. The number of aliphatic imine (C=N–C) groups is 1. The predicted octanol–water partition coefficient (Wildman–Crippen LogP) is 2.79. The van der Waals surface area contributed by atoms with E-state index in [0.29, 0.717) is 18.2 Å². The first-order valence-corrected chi connectivity index (χ1v) is 9.90. The third kappa shape index (κ3) is 7.58. The Labute approximate surface area is 187 Å². The summed E-state index contributed by atoms with van der Waals surface area (Å²) in [6.45, 7) is 8.54. The van der Waals surface area contributed by atoms with Gasteiger partial charge in [0.25, 0.3) is 5.91 Å². The number of nitrogens with one attached hydrogen (secondary N) is 2. The van der Waals surface area contributed by atoms with Gasteiger partial charge in [-0.2, -0.15) is 0 Å². The molecule has 7 heteroatoms. The van der Waals surface area contributed by atoms with E-state index in [1.165, 1.54) is 25.9 Å². The largest absolute Gasteiger partial charge is 0.355 e. The first kappa shape index (κ1) is 24.7. The minimum absolute atomic E-state index is 0. The smallest absolute Gasteiger partial charge is 0.253 e. The Morgan fingerprint density at radius 3 is 2.54 bits per heavy atom. The Balaban J connectivity index is 0.00000392. The van der Waals surface area contributed by atoms with Crippen LogP contribution in [0.25, 0.3) is 0 Å². The molecule has 0 spiro atoms. The van der Waals surface area contributed by atoms with Crippen LogP contribution in [0, 0.1) is 5.92 Å². The average Bonchev–Trinajstić information content (AvgIpc) is 2.67. The van der Waals surface area contributed by atoms with Crippen molar-refractivity contribution < 1.29 is 4.79 Å². The van der Waals surface area contributed by atoms with Crippen molar-refractivity contribution in [2.75, 3.05) is 40.8 Å². The minimum atomic E-state index is 0. The normalized spacial score (nSPS) is 18.8. The van der Waals surface area contributed by atoms with Crippen molar-refractivity contribution >= 4 is 35.8 Å². The van der Waals surface area contributed by atoms with E-state index in [4.69, 9.17) is 0 Å². The molecule has 1 fully saturated rings. The number of amides is 1. The summed E-state index contributed by atoms with van der Waals surface area (Å²) < 4.78 is 0. The van der Waals surface area contributed by atoms with Crippen LogP contribution in [0.2, 0.25) is 0 Å². The Bertz CT molecular complexity index is 632. The Morgan fingerprint density at radius 2 is 1.96 bits per heavy atom. The maximum atomic E-state index is 11.9. The quantitative estimate of drug-likeness (QED) is 0.358. The summed E-state index contributed by atoms with van der Waals surface area (Å²) in [6, 6.07) is 8.19. The standard InChI is InChI=1S/C21H35N5O.HI/c1-16-7-6-12-26(15-16)17(2)13-23-21(22-3)24-14-18-8-10-19(11-9-18)20(27)25(4)5;/h8-11,16-17H,6-7,12-15H2,1-5H3,(H2,22,23,24);1H. The van der Waals surface area contributed by atoms with E-state index in [2.05, 4.69) is 34.4 Å². The van der Waals surface area contributed by atoms with Crippen molar-refractivity contribution in [2.24, 2.45) is 10.9 Å². The summed E-state index contributed by atoms with van der Waals surface area (Å²) in [7, 11) is 5.32. The van der Waals surface area contributed by atoms with Crippen molar-refractivity contribution in [3.8, 4) is 0 Å². The number of likely N-dealkylation sites (tertiary alicyclic amines) is 1. The second kappa shape index (κ2) is 12.3. The minimum Gasteiger partial charge on any atom is -0.355 e. The molecule has 2 rings (SSSR count). The van der Waals surface area contributed by atoms with Crippen LogP contribution in [0.1, 0.15) is 42.6 Å². The molecular formula is C21H36IN5O. The molecule has 2 unspecified atom stereocenters. The van der Waals surface area contributed by atoms with Crippen molar-refractivity contribution in [1.29, 1.82) is 0 Å². The highest BCUT2D eigenvalue weighted by Gasteiger charge is 2.20. The van der Waals surface area contributed by atoms with Gasteiger partial charge in [-0.05, 0) is 49.9 Å². The molecule has 1 saturated heterocycles. The SMILES string of the molecule is CN=C(NCc1ccc(C(=O)N(C)C)cc1)NCC(C)N1CCCC(C)C1.I. The summed E-state index contributed by atoms with van der Waals surface area (Å²) in [5, 5.41) is 6.78. The molecule has 158 valence electrons. The molecule has 28 heavy (non-hydrogen) atoms. The number of benzene rings is 1. The second-order valence-electron chi connectivity index (χ2n) is 7.79. The summed E-state index contributed by atoms with van der Waals surface area (Å²) in [6.07, 6.45) is 2.64. The lowest BCUT2D eigenvalue weighted by Crippen LogP contribution is -2.48. The monoisotopic (exact) mass is 501 g/mol. The molecule has 0 aromatic heterocycles. The van der Waals surface area contributed by atoms with Gasteiger partial charge in [0.2, 0.25) is 0 Å². The number of piperidine rings is 1. The van der Waals surface area contributed by atoms with E-state index >= 15 is 0 Å². The summed E-state index contributed by atoms with van der Waals surface area (Å²) in [4.78, 5) is 20.4. The van der Waals surface area contributed by atoms with Crippen LogP contribution in [0.3, 0.4) is 0 Å². The number of nitrogens with zero attached hydrogens (tertiary/aromatic N) is 3. The number of carbonyl (C=O) groups excluding carboxylic acids is 1. The van der Waals surface area contributed by atoms with Crippen molar-refractivity contribution in [3.63, 3.8) is 0 Å². The molecule has 1 aromatic rings. The lowest BCUT2D eigenvalue weighted by molar-refractivity contribution is 0.0827. The zero-order valence-electron chi connectivity index (χ0n) is 17.9. The average molecular weight is 501 g/mol. The van der Waals surface area contributed by atoms with Gasteiger partial charge in [0.1, 0.15) is 0 Å². The molecule has 0 bridgehead atoms. The van der Waals surface area contributed by atoms with Crippen LogP contribution < -0.4 is 10.6 Å². The zero-order chi connectivity index (χ0) is 19.8. The van der Waals surface area contributed by atoms with E-state index in [9.17, 15) is 4.79 Å². The molecule has 6 nitrogen and oxygen atoms in total. The third-order valence-corrected chi connectivity index (χ3v) is 5.17. The maximum Gasteiger partial charge on any atom is 0.253 e. The number of halogens is 1. The number of rotatable bonds is 6. The Kier molecular flexibility index (Phi) is 10.8. The number of hydrogen-bond acceptors (Lipinski definition) is 3. The summed E-state index contributed by atoms with van der Waals surface area (Å²) in [5.41, 5.74) is 1.82. The molecule has 1 aromatic carbocycles. The molecule has 2 atom stereocenters. The van der Waals surface area contributed by atoms with Crippen LogP contribution in [-0.2, 0) is 6.54 Å². The van der Waals surface area contributed by atoms with Crippen molar-refractivity contribution in [3.05, 3.63) is 35.4 Å². The molecule has 0 aliphatic carbocycles. The molecular weight excluding hydrogens is 465 g/mol. The fourth-order valence-corrected chi connectivity index (χ4v) is 3.43. The topological polar surface area (TPSA) is 60.0 Å². The van der Waals surface area contributed by atoms with Crippen LogP contribution in [0.15, 0.2) is 29.3 Å². The number of carbonyl (C=O) groups is 1. The third-order valence-electron chi connectivity index (χ3n) is 5.17. The van der Waals surface area contributed by atoms with E-state index in [1.54, 1.807) is 26.0 Å². The van der Waals surface area contributed by atoms with Gasteiger partial charge in [-0.15, -0.1) is 24.0 Å². The highest BCUT2D eigenvalue weighted by atomic mass is 127. The van der Waals surface area contributed by atoms with Gasteiger partial charge in [-0.1, -0.05) is 19.1 Å². The molecule has 1 heterocycles. The van der Waals surface area contributed by atoms with Crippen LogP contribution in [-0.4, -0.2) is 68.5 Å². The van der Waals surface area contributed by atoms with Gasteiger partial charge in [0.05, 0.1) is 0 Å². The molecule has 1 amide bonds. The highest BCUT2D eigenvalue weighted by Crippen LogP contribution is 2.17. The maximum absolute atomic E-state index is 11.9. The number of hydrogen-bond donors (Lipinski definition) is 2. The van der Waals surface area contributed by atoms with Gasteiger partial charge in [0, 0.05) is 52.4 Å². The van der Waals surface area contributed by atoms with E-state index in [0.717, 1.165) is 24.0 Å². The van der Waals surface area contributed by atoms with Gasteiger partial charge < -0.3 is 15.5 Å². The van der Waals surface area contributed by atoms with Gasteiger partial charge in [-0.25, -0.2) is 0 Å². The van der Waals surface area contributed by atoms with E-state index < -0.39 is 0 Å². The molecule has 0 radical (unpaired) electrons. The summed E-state index contributed by atoms with van der Waals surface area (Å²) >= 11 is 0. The van der Waals surface area contributed by atoms with Crippen LogP contribution in [0.4, 0.5) is 0 Å². The Morgan fingerprint density at radius 1 is 1.29 bits per heavy atom. The second-order valence-corrected chi connectivity index (χ2v) is 7.79. The fourth-order valence-electron chi connectivity index (χ4n) is 3.43. The van der Waals surface area contributed by atoms with Crippen LogP contribution in [0.5, 0.6) is 0 Å². The first-order chi connectivity index (χ1) is 12.9. The van der Waals surface area contributed by atoms with E-state index in [-0.39, 0.29) is 29.9 Å². The molecule has 2 N–H and O–H groups in total. The van der Waals surface area contributed by atoms with Gasteiger partial charge >= 0.3 is 0 Å². The van der Waals surface area contributed by atoms with Crippen LogP contribution >= 0.6 is 24.0 Å². The first-order valence-electron chi connectivity index (χ1n) is 9.90. The van der Waals surface area contributed by atoms with Crippen molar-refractivity contribution in [1.82, 2.24) is 20.4 Å². The summed E-state index contributed by atoms with van der Waals surface area (Å²) in [5.74, 6) is 1.62. The van der Waals surface area contributed by atoms with Crippen molar-refractivity contribution in [2.45, 2.75) is 39.3 Å². The molecule has 1 aliphatic rings. The zero-order valence-corrected chi connectivity index (χ0v) is 20.2.